The zero-order valence-corrected chi connectivity index (χ0v) is 11.4. The van der Waals surface area contributed by atoms with Crippen LogP contribution in [0.5, 0.6) is 0 Å². The summed E-state index contributed by atoms with van der Waals surface area (Å²) in [4.78, 5) is 0. The molecule has 0 aliphatic rings. The van der Waals surface area contributed by atoms with Gasteiger partial charge in [-0.25, -0.2) is 4.68 Å². The summed E-state index contributed by atoms with van der Waals surface area (Å²) in [5.41, 5.74) is 4.73. The van der Waals surface area contributed by atoms with E-state index in [0.29, 0.717) is 0 Å². The van der Waals surface area contributed by atoms with Crippen molar-refractivity contribution in [3.63, 3.8) is 0 Å². The predicted molar refractivity (Wildman–Crippen MR) is 83.6 cm³/mol. The largest absolute Gasteiger partial charge is 0.240 e. The zero-order valence-electron chi connectivity index (χ0n) is 11.4. The molecule has 2 nitrogen and oxygen atoms in total. The quantitative estimate of drug-likeness (QED) is 0.637. The third-order valence-corrected chi connectivity index (χ3v) is 3.29. The Balaban J connectivity index is 2.04. The van der Waals surface area contributed by atoms with Gasteiger partial charge in [0, 0.05) is 18.0 Å². The lowest BCUT2D eigenvalue weighted by Gasteiger charge is -2.08. The van der Waals surface area contributed by atoms with Gasteiger partial charge in [-0.1, -0.05) is 48.5 Å². The van der Waals surface area contributed by atoms with Crippen molar-refractivity contribution in [3.05, 3.63) is 84.2 Å². The third-order valence-electron chi connectivity index (χ3n) is 3.29. The number of para-hydroxylation sites is 1. The first-order valence-electron chi connectivity index (χ1n) is 6.67. The summed E-state index contributed by atoms with van der Waals surface area (Å²) in [6.45, 7) is 2.13. The number of allylic oxidation sites excluding steroid dienone is 1. The van der Waals surface area contributed by atoms with Crippen LogP contribution in [0.4, 0.5) is 0 Å². The van der Waals surface area contributed by atoms with E-state index in [0.717, 1.165) is 11.3 Å². The molecule has 0 saturated heterocycles. The monoisotopic (exact) mass is 260 g/mol. The minimum atomic E-state index is 1.09. The number of hydrogen-bond donors (Lipinski definition) is 0. The molecule has 0 spiro atoms. The fourth-order valence-electron chi connectivity index (χ4n) is 2.25. The first-order valence-corrected chi connectivity index (χ1v) is 6.67. The minimum Gasteiger partial charge on any atom is -0.240 e. The van der Waals surface area contributed by atoms with Gasteiger partial charge in [-0.05, 0) is 36.3 Å². The van der Waals surface area contributed by atoms with Crippen LogP contribution in [0.2, 0.25) is 0 Å². The maximum absolute atomic E-state index is 4.31. The van der Waals surface area contributed by atoms with Gasteiger partial charge in [-0.15, -0.1) is 0 Å². The molecule has 3 aromatic rings. The molecule has 0 aliphatic heterocycles. The van der Waals surface area contributed by atoms with Gasteiger partial charge in [0.25, 0.3) is 0 Å². The molecule has 1 heterocycles. The molecule has 0 unspecified atom stereocenters. The molecule has 0 radical (unpaired) electrons. The molecule has 3 rings (SSSR count). The van der Waals surface area contributed by atoms with E-state index in [4.69, 9.17) is 0 Å². The van der Waals surface area contributed by atoms with E-state index in [1.165, 1.54) is 11.1 Å². The topological polar surface area (TPSA) is 17.8 Å². The van der Waals surface area contributed by atoms with Crippen molar-refractivity contribution in [2.75, 3.05) is 0 Å². The van der Waals surface area contributed by atoms with Crippen molar-refractivity contribution in [2.24, 2.45) is 0 Å². The first-order chi connectivity index (χ1) is 9.84. The van der Waals surface area contributed by atoms with E-state index in [1.807, 2.05) is 29.1 Å². The Kier molecular flexibility index (Phi) is 3.46. The van der Waals surface area contributed by atoms with Crippen molar-refractivity contribution < 1.29 is 0 Å². The van der Waals surface area contributed by atoms with E-state index in [9.17, 15) is 0 Å². The molecule has 0 amide bonds. The van der Waals surface area contributed by atoms with E-state index in [-0.39, 0.29) is 0 Å². The van der Waals surface area contributed by atoms with E-state index in [2.05, 4.69) is 60.6 Å². The molecule has 0 aliphatic carbocycles. The highest BCUT2D eigenvalue weighted by Gasteiger charge is 2.03. The maximum atomic E-state index is 4.31. The minimum absolute atomic E-state index is 1.09. The van der Waals surface area contributed by atoms with Crippen LogP contribution in [0.1, 0.15) is 18.1 Å². The Hall–Kier alpha value is -2.61. The second-order valence-corrected chi connectivity index (χ2v) is 4.70. The van der Waals surface area contributed by atoms with Crippen molar-refractivity contribution >= 4 is 11.6 Å². The zero-order chi connectivity index (χ0) is 13.8. The van der Waals surface area contributed by atoms with Crippen molar-refractivity contribution in [1.82, 2.24) is 9.78 Å². The second-order valence-electron chi connectivity index (χ2n) is 4.70. The third kappa shape index (κ3) is 2.54. The van der Waals surface area contributed by atoms with Crippen LogP contribution in [0, 0.1) is 0 Å². The molecule has 1 aromatic heterocycles. The highest BCUT2D eigenvalue weighted by atomic mass is 15.3. The highest BCUT2D eigenvalue weighted by Crippen LogP contribution is 2.21. The van der Waals surface area contributed by atoms with Crippen LogP contribution in [-0.4, -0.2) is 9.78 Å². The summed E-state index contributed by atoms with van der Waals surface area (Å²) in [7, 11) is 0. The molecule has 0 N–H and O–H groups in total. The maximum Gasteiger partial charge on any atom is 0.0717 e. The van der Waals surface area contributed by atoms with E-state index in [1.54, 1.807) is 6.20 Å². The SMILES string of the molecule is C/C(=C\c1ccccc1-n1cccn1)c1ccccc1. The van der Waals surface area contributed by atoms with Gasteiger partial charge in [0.1, 0.15) is 0 Å². The Morgan fingerprint density at radius 2 is 1.70 bits per heavy atom. The molecule has 0 fully saturated rings. The standard InChI is InChI=1S/C18H16N2/c1-15(16-8-3-2-4-9-16)14-17-10-5-6-11-18(17)20-13-7-12-19-20/h2-14H,1H3/b15-14+. The van der Waals surface area contributed by atoms with Crippen molar-refractivity contribution in [2.45, 2.75) is 6.92 Å². The summed E-state index contributed by atoms with van der Waals surface area (Å²) in [5, 5.41) is 4.31. The molecule has 0 saturated carbocycles. The average Bonchev–Trinajstić information content (AvgIpc) is 3.03. The lowest BCUT2D eigenvalue weighted by atomic mass is 10.0. The summed E-state index contributed by atoms with van der Waals surface area (Å²) in [5.74, 6) is 0. The van der Waals surface area contributed by atoms with Crippen LogP contribution in [0.15, 0.2) is 73.1 Å². The molecule has 2 aromatic carbocycles. The fraction of sp³-hybridized carbons (Fsp3) is 0.0556. The number of aromatic nitrogens is 2. The fourth-order valence-corrected chi connectivity index (χ4v) is 2.25. The van der Waals surface area contributed by atoms with Gasteiger partial charge in [-0.3, -0.25) is 0 Å². The summed E-state index contributed by atoms with van der Waals surface area (Å²) < 4.78 is 1.89. The van der Waals surface area contributed by atoms with Gasteiger partial charge in [0.2, 0.25) is 0 Å². The van der Waals surface area contributed by atoms with Crippen LogP contribution >= 0.6 is 0 Å². The second kappa shape index (κ2) is 5.57. The Bertz CT molecular complexity index is 710. The number of nitrogens with zero attached hydrogens (tertiary/aromatic N) is 2. The number of rotatable bonds is 3. The van der Waals surface area contributed by atoms with Gasteiger partial charge in [0.05, 0.1) is 5.69 Å². The summed E-state index contributed by atoms with van der Waals surface area (Å²) in [6, 6.07) is 20.6. The average molecular weight is 260 g/mol. The smallest absolute Gasteiger partial charge is 0.0717 e. The van der Waals surface area contributed by atoms with E-state index >= 15 is 0 Å². The molecule has 0 atom stereocenters. The van der Waals surface area contributed by atoms with Crippen molar-refractivity contribution in [1.29, 1.82) is 0 Å². The van der Waals surface area contributed by atoms with Gasteiger partial charge in [-0.2, -0.15) is 5.10 Å². The lowest BCUT2D eigenvalue weighted by Crippen LogP contribution is -1.96. The molecule has 0 bridgehead atoms. The van der Waals surface area contributed by atoms with E-state index < -0.39 is 0 Å². The highest BCUT2D eigenvalue weighted by molar-refractivity contribution is 5.82. The summed E-state index contributed by atoms with van der Waals surface area (Å²) in [6.07, 6.45) is 5.96. The van der Waals surface area contributed by atoms with Crippen LogP contribution < -0.4 is 0 Å². The number of hydrogen-bond acceptors (Lipinski definition) is 1. The van der Waals surface area contributed by atoms with Gasteiger partial charge >= 0.3 is 0 Å². The lowest BCUT2D eigenvalue weighted by molar-refractivity contribution is 0.878. The van der Waals surface area contributed by atoms with Crippen LogP contribution in [0.3, 0.4) is 0 Å². The normalized spacial score (nSPS) is 11.6. The Morgan fingerprint density at radius 3 is 2.45 bits per heavy atom. The number of benzene rings is 2. The Labute approximate surface area is 119 Å². The van der Waals surface area contributed by atoms with Gasteiger partial charge in [0.15, 0.2) is 0 Å². The van der Waals surface area contributed by atoms with Crippen LogP contribution in [-0.2, 0) is 0 Å². The molecule has 2 heteroatoms. The van der Waals surface area contributed by atoms with Gasteiger partial charge < -0.3 is 0 Å². The Morgan fingerprint density at radius 1 is 0.950 bits per heavy atom. The molecule has 20 heavy (non-hydrogen) atoms. The molecule has 98 valence electrons. The van der Waals surface area contributed by atoms with Crippen LogP contribution in [0.25, 0.3) is 17.3 Å². The van der Waals surface area contributed by atoms with Crippen molar-refractivity contribution in [3.8, 4) is 5.69 Å². The summed E-state index contributed by atoms with van der Waals surface area (Å²) >= 11 is 0. The molecular formula is C18H16N2. The first kappa shape index (κ1) is 12.4. The molecular weight excluding hydrogens is 244 g/mol. The predicted octanol–water partition coefficient (Wildman–Crippen LogP) is 4.43.